The van der Waals surface area contributed by atoms with Crippen molar-refractivity contribution in [2.45, 2.75) is 13.8 Å². The Morgan fingerprint density at radius 1 is 0.824 bits per heavy atom. The first-order valence-electron chi connectivity index (χ1n) is 10.8. The van der Waals surface area contributed by atoms with Crippen LogP contribution in [0.15, 0.2) is 78.9 Å². The summed E-state index contributed by atoms with van der Waals surface area (Å²) in [6.45, 7) is 4.08. The maximum Gasteiger partial charge on any atom is 0.217 e. The van der Waals surface area contributed by atoms with E-state index in [1.54, 1.807) is 18.2 Å². The number of rotatable bonds is 3. The molecule has 0 radical (unpaired) electrons. The van der Waals surface area contributed by atoms with Gasteiger partial charge in [-0.3, -0.25) is 0 Å². The second-order valence-electron chi connectivity index (χ2n) is 8.11. The first kappa shape index (κ1) is 22.1. The van der Waals surface area contributed by atoms with Gasteiger partial charge >= 0.3 is 0 Å². The monoisotopic (exact) mass is 625 g/mol. The maximum atomic E-state index is 10.2. The van der Waals surface area contributed by atoms with E-state index in [9.17, 15) is 5.11 Å². The molecule has 170 valence electrons. The summed E-state index contributed by atoms with van der Waals surface area (Å²) >= 11 is 0. The average molecular weight is 626 g/mol. The molecule has 3 aromatic carbocycles. The summed E-state index contributed by atoms with van der Waals surface area (Å²) in [5, 5.41) is 13.2. The Hall–Kier alpha value is -3.69. The topological polar surface area (TPSA) is 60.2 Å². The summed E-state index contributed by atoms with van der Waals surface area (Å²) in [5.41, 5.74) is 4.59. The number of hydrogen-bond donors (Lipinski definition) is 1. The predicted molar refractivity (Wildman–Crippen MR) is 130 cm³/mol. The van der Waals surface area contributed by atoms with Gasteiger partial charge in [-0.2, -0.15) is 6.07 Å². The quantitative estimate of drug-likeness (QED) is 0.224. The van der Waals surface area contributed by atoms with Gasteiger partial charge in [0.2, 0.25) is 5.88 Å². The fourth-order valence-electron chi connectivity index (χ4n) is 4.20. The van der Waals surface area contributed by atoms with Crippen LogP contribution < -0.4 is 4.74 Å². The fraction of sp³-hybridized carbons (Fsp3) is 0.0714. The van der Waals surface area contributed by atoms with Crippen molar-refractivity contribution in [1.82, 2.24) is 14.5 Å². The van der Waals surface area contributed by atoms with Crippen molar-refractivity contribution in [3.63, 3.8) is 0 Å². The number of phenols is 1. The zero-order chi connectivity index (χ0) is 22.5. The minimum absolute atomic E-state index is 0. The summed E-state index contributed by atoms with van der Waals surface area (Å²) in [4.78, 5) is 9.32. The molecule has 0 aliphatic rings. The molecule has 6 rings (SSSR count). The van der Waals surface area contributed by atoms with Gasteiger partial charge < -0.3 is 14.4 Å². The first-order valence-corrected chi connectivity index (χ1v) is 10.8. The van der Waals surface area contributed by atoms with E-state index in [0.29, 0.717) is 17.1 Å². The number of ether oxygens (including phenoxy) is 1. The Morgan fingerprint density at radius 3 is 2.53 bits per heavy atom. The van der Waals surface area contributed by atoms with Gasteiger partial charge in [0, 0.05) is 49.5 Å². The van der Waals surface area contributed by atoms with Crippen LogP contribution >= 0.6 is 0 Å². The molecule has 0 aliphatic carbocycles. The third-order valence-corrected chi connectivity index (χ3v) is 6.01. The number of benzene rings is 3. The van der Waals surface area contributed by atoms with Crippen molar-refractivity contribution in [3.05, 3.63) is 96.2 Å². The predicted octanol–water partition coefficient (Wildman–Crippen LogP) is 6.64. The van der Waals surface area contributed by atoms with Gasteiger partial charge in [0.1, 0.15) is 17.1 Å². The Morgan fingerprint density at radius 2 is 1.68 bits per heavy atom. The van der Waals surface area contributed by atoms with Crippen molar-refractivity contribution < 1.29 is 30.9 Å². The molecule has 0 fully saturated rings. The SMILES string of the molecule is Cc1ccc(-n2c3[c-]c(Oc4ccc5cccc(O)c5n4)ccc3c3ccccc32)nc1C.[Pt]. The minimum Gasteiger partial charge on any atom is -0.506 e. The van der Waals surface area contributed by atoms with Gasteiger partial charge in [-0.15, -0.1) is 17.5 Å². The smallest absolute Gasteiger partial charge is 0.217 e. The van der Waals surface area contributed by atoms with E-state index in [1.807, 2.05) is 49.4 Å². The van der Waals surface area contributed by atoms with Gasteiger partial charge in [-0.25, -0.2) is 9.97 Å². The molecule has 1 N–H and O–H groups in total. The number of nitrogens with zero attached hydrogens (tertiary/aromatic N) is 3. The van der Waals surface area contributed by atoms with E-state index >= 15 is 0 Å². The number of aromatic hydroxyl groups is 1. The molecule has 6 aromatic rings. The molecule has 0 spiro atoms. The zero-order valence-corrected chi connectivity index (χ0v) is 20.8. The van der Waals surface area contributed by atoms with Crippen molar-refractivity contribution in [2.24, 2.45) is 0 Å². The van der Waals surface area contributed by atoms with Gasteiger partial charge in [0.15, 0.2) is 0 Å². The second kappa shape index (κ2) is 8.58. The third-order valence-electron chi connectivity index (χ3n) is 6.01. The molecular formula is C28H20N3O2Pt-. The number of phenolic OH excluding ortho intramolecular Hbond substituents is 1. The van der Waals surface area contributed by atoms with Crippen molar-refractivity contribution in [2.75, 3.05) is 0 Å². The van der Waals surface area contributed by atoms with E-state index in [-0.39, 0.29) is 26.8 Å². The van der Waals surface area contributed by atoms with E-state index in [0.717, 1.165) is 44.3 Å². The largest absolute Gasteiger partial charge is 0.506 e. The Bertz CT molecular complexity index is 1690. The summed E-state index contributed by atoms with van der Waals surface area (Å²) in [6.07, 6.45) is 0. The van der Waals surface area contributed by atoms with Crippen LogP contribution in [0.5, 0.6) is 17.4 Å². The Labute approximate surface area is 210 Å². The average Bonchev–Trinajstić information content (AvgIpc) is 3.15. The van der Waals surface area contributed by atoms with Gasteiger partial charge in [0.05, 0.1) is 0 Å². The van der Waals surface area contributed by atoms with Crippen LogP contribution in [0.4, 0.5) is 0 Å². The third kappa shape index (κ3) is 3.63. The molecule has 0 saturated heterocycles. The molecule has 34 heavy (non-hydrogen) atoms. The van der Waals surface area contributed by atoms with Crippen LogP contribution in [-0.4, -0.2) is 19.6 Å². The number of pyridine rings is 2. The molecule has 0 amide bonds. The fourth-order valence-corrected chi connectivity index (χ4v) is 4.20. The first-order chi connectivity index (χ1) is 16.1. The van der Waals surface area contributed by atoms with E-state index in [1.165, 1.54) is 0 Å². The molecule has 0 bridgehead atoms. The van der Waals surface area contributed by atoms with Crippen LogP contribution in [0.1, 0.15) is 11.3 Å². The van der Waals surface area contributed by atoms with Crippen molar-refractivity contribution in [3.8, 4) is 23.2 Å². The molecule has 0 saturated carbocycles. The van der Waals surface area contributed by atoms with E-state index in [4.69, 9.17) is 9.72 Å². The second-order valence-corrected chi connectivity index (χ2v) is 8.11. The van der Waals surface area contributed by atoms with Gasteiger partial charge in [-0.1, -0.05) is 41.9 Å². The maximum absolute atomic E-state index is 10.2. The Balaban J connectivity index is 0.00000241. The van der Waals surface area contributed by atoms with Crippen molar-refractivity contribution >= 4 is 32.7 Å². The molecule has 0 atom stereocenters. The number of aryl methyl sites for hydroxylation is 2. The van der Waals surface area contributed by atoms with Crippen LogP contribution in [0.2, 0.25) is 0 Å². The van der Waals surface area contributed by atoms with Gasteiger partial charge in [0.25, 0.3) is 0 Å². The van der Waals surface area contributed by atoms with Gasteiger partial charge in [-0.05, 0) is 49.1 Å². The normalized spacial score (nSPS) is 11.1. The van der Waals surface area contributed by atoms with E-state index < -0.39 is 0 Å². The molecular weight excluding hydrogens is 605 g/mol. The van der Waals surface area contributed by atoms with Crippen molar-refractivity contribution in [1.29, 1.82) is 0 Å². The number of hydrogen-bond acceptors (Lipinski definition) is 4. The molecule has 3 heterocycles. The molecule has 3 aromatic heterocycles. The summed E-state index contributed by atoms with van der Waals surface area (Å²) in [7, 11) is 0. The molecule has 0 unspecified atom stereocenters. The minimum atomic E-state index is 0. The van der Waals surface area contributed by atoms with Crippen LogP contribution in [0.3, 0.4) is 0 Å². The summed E-state index contributed by atoms with van der Waals surface area (Å²) in [6, 6.07) is 28.7. The summed E-state index contributed by atoms with van der Waals surface area (Å²) < 4.78 is 8.18. The standard InChI is InChI=1S/C28H20N3O2.Pt/c1-17-10-14-26(29-18(17)2)31-23-8-4-3-7-21(23)22-13-12-20(16-24(22)31)33-27-15-11-19-6-5-9-25(32)28(19)30-27;/h3-15,32H,1-2H3;/q-1;. The molecule has 6 heteroatoms. The van der Waals surface area contributed by atoms with Crippen LogP contribution in [-0.2, 0) is 21.1 Å². The van der Waals surface area contributed by atoms with Crippen LogP contribution in [0.25, 0.3) is 38.5 Å². The number of para-hydroxylation sites is 2. The van der Waals surface area contributed by atoms with Crippen LogP contribution in [0, 0.1) is 19.9 Å². The Kier molecular flexibility index (Phi) is 5.58. The molecule has 5 nitrogen and oxygen atoms in total. The molecule has 0 aliphatic heterocycles. The summed E-state index contributed by atoms with van der Waals surface area (Å²) in [5.74, 6) is 1.90. The number of aromatic nitrogens is 3. The number of fused-ring (bicyclic) bond motifs is 4. The van der Waals surface area contributed by atoms with E-state index in [2.05, 4.69) is 40.7 Å². The zero-order valence-electron chi connectivity index (χ0n) is 18.5.